The molecule has 0 radical (unpaired) electrons. The average Bonchev–Trinajstić information content (AvgIpc) is 2.46. The van der Waals surface area contributed by atoms with Crippen LogP contribution in [-0.2, 0) is 0 Å². The van der Waals surface area contributed by atoms with Gasteiger partial charge in [0.15, 0.2) is 0 Å². The molecule has 2 rings (SSSR count). The van der Waals surface area contributed by atoms with Gasteiger partial charge in [0, 0.05) is 18.3 Å². The molecule has 2 aromatic rings. The molecule has 2 aromatic carbocycles. The number of anilines is 2. The molecule has 0 aliphatic heterocycles. The summed E-state index contributed by atoms with van der Waals surface area (Å²) in [7, 11) is 3.59. The molecular weight excluding hydrogens is 292 g/mol. The topological polar surface area (TPSA) is 38.5 Å². The number of halogens is 1. The van der Waals surface area contributed by atoms with Crippen LogP contribution in [0.15, 0.2) is 42.5 Å². The summed E-state index contributed by atoms with van der Waals surface area (Å²) in [5.74, 6) is 0.817. The Kier molecular flexibility index (Phi) is 4.47. The molecule has 0 saturated heterocycles. The smallest absolute Gasteiger partial charge is 0.119 e. The summed E-state index contributed by atoms with van der Waals surface area (Å²) in [6, 6.07) is 13.3. The Bertz CT molecular complexity index is 628. The first-order valence-corrected chi connectivity index (χ1v) is 6.78. The van der Waals surface area contributed by atoms with E-state index in [0.717, 1.165) is 22.7 Å². The third-order valence-electron chi connectivity index (χ3n) is 3.05. The number of thiocarbonyl (C=S) groups is 1. The lowest BCUT2D eigenvalue weighted by molar-refractivity contribution is 0.415. The molecule has 0 aliphatic rings. The van der Waals surface area contributed by atoms with Crippen molar-refractivity contribution in [3.8, 4) is 5.75 Å². The van der Waals surface area contributed by atoms with E-state index >= 15 is 0 Å². The minimum atomic E-state index is 0.338. The molecule has 2 N–H and O–H groups in total. The van der Waals surface area contributed by atoms with Gasteiger partial charge in [-0.1, -0.05) is 23.8 Å². The molecule has 0 bridgehead atoms. The Hall–Kier alpha value is -1.78. The Morgan fingerprint density at radius 2 is 1.85 bits per heavy atom. The maximum atomic E-state index is 6.30. The summed E-state index contributed by atoms with van der Waals surface area (Å²) in [5, 5.41) is 0.605. The van der Waals surface area contributed by atoms with Crippen LogP contribution in [0, 0.1) is 0 Å². The number of ether oxygens (including phenoxy) is 1. The van der Waals surface area contributed by atoms with Gasteiger partial charge in [-0.25, -0.2) is 0 Å². The number of nitrogens with zero attached hydrogens (tertiary/aromatic N) is 1. The van der Waals surface area contributed by atoms with Crippen LogP contribution in [0.4, 0.5) is 11.4 Å². The van der Waals surface area contributed by atoms with Crippen molar-refractivity contribution in [1.82, 2.24) is 0 Å². The molecular formula is C15H15ClN2OS. The molecule has 3 nitrogen and oxygen atoms in total. The first-order valence-electron chi connectivity index (χ1n) is 6.00. The molecule has 0 aromatic heterocycles. The lowest BCUT2D eigenvalue weighted by Gasteiger charge is -2.21. The molecule has 0 saturated carbocycles. The second-order valence-electron chi connectivity index (χ2n) is 4.29. The van der Waals surface area contributed by atoms with Crippen molar-refractivity contribution >= 4 is 40.2 Å². The average molecular weight is 307 g/mol. The van der Waals surface area contributed by atoms with E-state index in [2.05, 4.69) is 0 Å². The second-order valence-corrected chi connectivity index (χ2v) is 5.13. The van der Waals surface area contributed by atoms with E-state index in [4.69, 9.17) is 34.3 Å². The fourth-order valence-corrected chi connectivity index (χ4v) is 2.31. The van der Waals surface area contributed by atoms with Crippen LogP contribution < -0.4 is 15.4 Å². The Morgan fingerprint density at radius 1 is 1.20 bits per heavy atom. The van der Waals surface area contributed by atoms with Gasteiger partial charge in [0.25, 0.3) is 0 Å². The van der Waals surface area contributed by atoms with Crippen molar-refractivity contribution in [2.75, 3.05) is 19.1 Å². The predicted octanol–water partition coefficient (Wildman–Crippen LogP) is 3.75. The summed E-state index contributed by atoms with van der Waals surface area (Å²) >= 11 is 11.2. The number of hydrogen-bond donors (Lipinski definition) is 1. The van der Waals surface area contributed by atoms with E-state index in [0.29, 0.717) is 10.0 Å². The number of methoxy groups -OCH3 is 1. The molecule has 20 heavy (non-hydrogen) atoms. The quantitative estimate of drug-likeness (QED) is 0.873. The number of hydrogen-bond acceptors (Lipinski definition) is 3. The fraction of sp³-hybridized carbons (Fsp3) is 0.133. The summed E-state index contributed by atoms with van der Waals surface area (Å²) in [5.41, 5.74) is 8.25. The third kappa shape index (κ3) is 3.03. The Morgan fingerprint density at radius 3 is 2.35 bits per heavy atom. The van der Waals surface area contributed by atoms with Crippen molar-refractivity contribution in [2.45, 2.75) is 0 Å². The second kappa shape index (κ2) is 6.11. The number of benzene rings is 2. The van der Waals surface area contributed by atoms with Gasteiger partial charge in [0.2, 0.25) is 0 Å². The lowest BCUT2D eigenvalue weighted by Crippen LogP contribution is -2.12. The fourth-order valence-electron chi connectivity index (χ4n) is 1.88. The monoisotopic (exact) mass is 306 g/mol. The van der Waals surface area contributed by atoms with Gasteiger partial charge < -0.3 is 15.4 Å². The van der Waals surface area contributed by atoms with Gasteiger partial charge in [-0.15, -0.1) is 0 Å². The molecule has 0 unspecified atom stereocenters. The molecule has 0 spiro atoms. The lowest BCUT2D eigenvalue weighted by atomic mass is 10.2. The molecule has 0 fully saturated rings. The van der Waals surface area contributed by atoms with E-state index in [1.165, 1.54) is 0 Å². The van der Waals surface area contributed by atoms with Gasteiger partial charge in [-0.2, -0.15) is 0 Å². The summed E-state index contributed by atoms with van der Waals surface area (Å²) in [4.78, 5) is 2.33. The predicted molar refractivity (Wildman–Crippen MR) is 88.4 cm³/mol. The minimum Gasteiger partial charge on any atom is -0.497 e. The highest BCUT2D eigenvalue weighted by molar-refractivity contribution is 7.80. The highest BCUT2D eigenvalue weighted by atomic mass is 35.5. The Balaban J connectivity index is 2.32. The van der Waals surface area contributed by atoms with Crippen LogP contribution in [0.3, 0.4) is 0 Å². The van der Waals surface area contributed by atoms with Crippen LogP contribution in [0.5, 0.6) is 5.75 Å². The van der Waals surface area contributed by atoms with E-state index in [1.54, 1.807) is 13.2 Å². The van der Waals surface area contributed by atoms with E-state index in [1.807, 2.05) is 48.3 Å². The standard InChI is InChI=1S/C15H15ClN2OS/c1-18(11-4-6-12(19-2)7-5-11)14-8-3-10(15(17)20)9-13(14)16/h3-9H,1-2H3,(H2,17,20). The van der Waals surface area contributed by atoms with E-state index in [-0.39, 0.29) is 0 Å². The van der Waals surface area contributed by atoms with Crippen LogP contribution in [0.1, 0.15) is 5.56 Å². The van der Waals surface area contributed by atoms with Crippen LogP contribution in [-0.4, -0.2) is 19.1 Å². The molecule has 0 atom stereocenters. The summed E-state index contributed by atoms with van der Waals surface area (Å²) in [6.45, 7) is 0. The molecule has 0 aliphatic carbocycles. The number of nitrogens with two attached hydrogens (primary N) is 1. The summed E-state index contributed by atoms with van der Waals surface area (Å²) in [6.07, 6.45) is 0. The molecule has 0 amide bonds. The van der Waals surface area contributed by atoms with Gasteiger partial charge >= 0.3 is 0 Å². The maximum absolute atomic E-state index is 6.30. The number of rotatable bonds is 4. The molecule has 104 valence electrons. The van der Waals surface area contributed by atoms with Crippen LogP contribution >= 0.6 is 23.8 Å². The molecule has 0 heterocycles. The largest absolute Gasteiger partial charge is 0.497 e. The molecule has 5 heteroatoms. The van der Waals surface area contributed by atoms with Gasteiger partial charge in [-0.05, 0) is 42.5 Å². The third-order valence-corrected chi connectivity index (χ3v) is 3.59. The highest BCUT2D eigenvalue weighted by Crippen LogP contribution is 2.32. The minimum absolute atomic E-state index is 0.338. The van der Waals surface area contributed by atoms with Crippen molar-refractivity contribution in [1.29, 1.82) is 0 Å². The Labute approximate surface area is 128 Å². The zero-order valence-corrected chi connectivity index (χ0v) is 12.8. The zero-order chi connectivity index (χ0) is 14.7. The van der Waals surface area contributed by atoms with E-state index in [9.17, 15) is 0 Å². The first-order chi connectivity index (χ1) is 9.52. The maximum Gasteiger partial charge on any atom is 0.119 e. The SMILES string of the molecule is COc1ccc(N(C)c2ccc(C(N)=S)cc2Cl)cc1. The van der Waals surface area contributed by atoms with E-state index < -0.39 is 0 Å². The summed E-state index contributed by atoms with van der Waals surface area (Å²) < 4.78 is 5.15. The normalized spacial score (nSPS) is 10.2. The van der Waals surface area contributed by atoms with Gasteiger partial charge in [-0.3, -0.25) is 0 Å². The van der Waals surface area contributed by atoms with Gasteiger partial charge in [0.1, 0.15) is 10.7 Å². The van der Waals surface area contributed by atoms with Crippen molar-refractivity contribution in [3.63, 3.8) is 0 Å². The van der Waals surface area contributed by atoms with Crippen molar-refractivity contribution in [2.24, 2.45) is 5.73 Å². The highest BCUT2D eigenvalue weighted by Gasteiger charge is 2.10. The van der Waals surface area contributed by atoms with Crippen molar-refractivity contribution in [3.05, 3.63) is 53.1 Å². The van der Waals surface area contributed by atoms with Crippen LogP contribution in [0.2, 0.25) is 5.02 Å². The van der Waals surface area contributed by atoms with Crippen LogP contribution in [0.25, 0.3) is 0 Å². The van der Waals surface area contributed by atoms with Crippen molar-refractivity contribution < 1.29 is 4.74 Å². The first kappa shape index (κ1) is 14.6. The van der Waals surface area contributed by atoms with Gasteiger partial charge in [0.05, 0.1) is 17.8 Å². The zero-order valence-electron chi connectivity index (χ0n) is 11.3.